The van der Waals surface area contributed by atoms with Crippen molar-refractivity contribution >= 4 is 29.1 Å². The number of carbonyl (C=O) groups excluding carboxylic acids is 1. The van der Waals surface area contributed by atoms with Crippen molar-refractivity contribution in [1.29, 1.82) is 0 Å². The maximum absolute atomic E-state index is 11.8. The van der Waals surface area contributed by atoms with Crippen LogP contribution in [0, 0.1) is 6.92 Å². The molecule has 0 aliphatic heterocycles. The van der Waals surface area contributed by atoms with Crippen molar-refractivity contribution in [3.8, 4) is 0 Å². The number of carbonyl (C=O) groups is 1. The van der Waals surface area contributed by atoms with E-state index >= 15 is 0 Å². The van der Waals surface area contributed by atoms with Crippen LogP contribution in [0.1, 0.15) is 44.9 Å². The number of anilines is 1. The molecule has 1 aromatic rings. The predicted octanol–water partition coefficient (Wildman–Crippen LogP) is 3.24. The summed E-state index contributed by atoms with van der Waals surface area (Å²) in [5.74, 6) is 0. The average molecular weight is 309 g/mol. The lowest BCUT2D eigenvalue weighted by Crippen LogP contribution is -2.34. The van der Waals surface area contributed by atoms with Crippen LogP contribution in [-0.2, 0) is 4.74 Å². The molecular weight excluding hydrogens is 286 g/mol. The van der Waals surface area contributed by atoms with Gasteiger partial charge in [-0.15, -0.1) is 0 Å². The zero-order valence-corrected chi connectivity index (χ0v) is 13.9. The lowest BCUT2D eigenvalue weighted by Gasteiger charge is -2.23. The van der Waals surface area contributed by atoms with Gasteiger partial charge in [-0.2, -0.15) is 0 Å². The fourth-order valence-electron chi connectivity index (χ4n) is 1.95. The zero-order valence-electron chi connectivity index (χ0n) is 13.1. The molecule has 1 atom stereocenters. The van der Waals surface area contributed by atoms with Gasteiger partial charge in [-0.25, -0.2) is 4.79 Å². The van der Waals surface area contributed by atoms with E-state index in [0.29, 0.717) is 0 Å². The molecule has 0 aliphatic carbocycles. The molecule has 0 bridgehead atoms. The molecule has 0 heterocycles. The molecule has 116 valence electrons. The Morgan fingerprint density at radius 2 is 2.00 bits per heavy atom. The molecule has 21 heavy (non-hydrogen) atoms. The normalized spacial score (nSPS) is 12.4. The molecule has 6 heteroatoms. The van der Waals surface area contributed by atoms with E-state index in [0.717, 1.165) is 16.8 Å². The van der Waals surface area contributed by atoms with Crippen LogP contribution in [0.4, 0.5) is 10.5 Å². The molecule has 0 aliphatic rings. The van der Waals surface area contributed by atoms with Gasteiger partial charge in [0.15, 0.2) is 5.11 Å². The molecule has 1 aromatic carbocycles. The van der Waals surface area contributed by atoms with Crippen LogP contribution < -0.4 is 16.4 Å². The first kappa shape index (κ1) is 17.2. The van der Waals surface area contributed by atoms with Crippen LogP contribution in [0.5, 0.6) is 0 Å². The summed E-state index contributed by atoms with van der Waals surface area (Å²) in [7, 11) is 0. The summed E-state index contributed by atoms with van der Waals surface area (Å²) in [5, 5.41) is 5.96. The topological polar surface area (TPSA) is 76.4 Å². The highest BCUT2D eigenvalue weighted by Crippen LogP contribution is 2.24. The van der Waals surface area contributed by atoms with Gasteiger partial charge >= 0.3 is 6.09 Å². The lowest BCUT2D eigenvalue weighted by molar-refractivity contribution is 0.0508. The predicted molar refractivity (Wildman–Crippen MR) is 89.4 cm³/mol. The molecule has 1 amide bonds. The van der Waals surface area contributed by atoms with Gasteiger partial charge in [0.1, 0.15) is 5.60 Å². The second-order valence-electron chi connectivity index (χ2n) is 5.88. The van der Waals surface area contributed by atoms with Crippen LogP contribution in [0.2, 0.25) is 0 Å². The summed E-state index contributed by atoms with van der Waals surface area (Å²) in [6.07, 6.45) is -0.442. The van der Waals surface area contributed by atoms with E-state index in [1.807, 2.05) is 52.8 Å². The largest absolute Gasteiger partial charge is 0.444 e. The van der Waals surface area contributed by atoms with Gasteiger partial charge in [-0.3, -0.25) is 0 Å². The third-order valence-electron chi connectivity index (χ3n) is 2.83. The van der Waals surface area contributed by atoms with Crippen molar-refractivity contribution in [3.63, 3.8) is 0 Å². The highest BCUT2D eigenvalue weighted by atomic mass is 32.1. The molecule has 1 unspecified atom stereocenters. The minimum atomic E-state index is -0.520. The first-order valence-electron chi connectivity index (χ1n) is 6.75. The maximum atomic E-state index is 11.8. The number of ether oxygens (including phenoxy) is 1. The van der Waals surface area contributed by atoms with E-state index in [1.165, 1.54) is 0 Å². The van der Waals surface area contributed by atoms with Crippen LogP contribution >= 0.6 is 12.2 Å². The van der Waals surface area contributed by atoms with Gasteiger partial charge in [0.05, 0.1) is 6.04 Å². The summed E-state index contributed by atoms with van der Waals surface area (Å²) in [6, 6.07) is 5.53. The summed E-state index contributed by atoms with van der Waals surface area (Å²) in [4.78, 5) is 11.8. The van der Waals surface area contributed by atoms with Gasteiger partial charge in [-0.1, -0.05) is 12.1 Å². The Morgan fingerprint density at radius 3 is 2.52 bits per heavy atom. The molecular formula is C15H23N3O2S. The monoisotopic (exact) mass is 309 g/mol. The number of amides is 1. The summed E-state index contributed by atoms with van der Waals surface area (Å²) in [5.41, 5.74) is 7.77. The van der Waals surface area contributed by atoms with E-state index in [-0.39, 0.29) is 11.2 Å². The maximum Gasteiger partial charge on any atom is 0.408 e. The zero-order chi connectivity index (χ0) is 16.2. The smallest absolute Gasteiger partial charge is 0.408 e. The molecule has 0 saturated heterocycles. The Labute approximate surface area is 131 Å². The van der Waals surface area contributed by atoms with Crippen molar-refractivity contribution in [1.82, 2.24) is 5.32 Å². The highest BCUT2D eigenvalue weighted by molar-refractivity contribution is 7.80. The van der Waals surface area contributed by atoms with E-state index in [9.17, 15) is 4.79 Å². The number of thiocarbonyl (C=S) groups is 1. The Kier molecular flexibility index (Phi) is 5.54. The van der Waals surface area contributed by atoms with Crippen molar-refractivity contribution < 1.29 is 9.53 Å². The average Bonchev–Trinajstić information content (AvgIpc) is 2.28. The Morgan fingerprint density at radius 1 is 1.38 bits per heavy atom. The van der Waals surface area contributed by atoms with Crippen molar-refractivity contribution in [2.75, 3.05) is 5.32 Å². The minimum absolute atomic E-state index is 0.187. The molecule has 0 fully saturated rings. The number of hydrogen-bond donors (Lipinski definition) is 3. The molecule has 0 radical (unpaired) electrons. The number of nitrogens with one attached hydrogen (secondary N) is 2. The lowest BCUT2D eigenvalue weighted by atomic mass is 10.0. The third kappa shape index (κ3) is 5.59. The summed E-state index contributed by atoms with van der Waals surface area (Å²) in [6.45, 7) is 9.33. The second-order valence-corrected chi connectivity index (χ2v) is 6.32. The number of alkyl carbamates (subject to hydrolysis) is 1. The fraction of sp³-hybridized carbons (Fsp3) is 0.467. The number of rotatable bonds is 3. The highest BCUT2D eigenvalue weighted by Gasteiger charge is 2.19. The van der Waals surface area contributed by atoms with Crippen LogP contribution in [-0.4, -0.2) is 16.8 Å². The molecule has 4 N–H and O–H groups in total. The van der Waals surface area contributed by atoms with E-state index < -0.39 is 11.7 Å². The minimum Gasteiger partial charge on any atom is -0.444 e. The second kappa shape index (κ2) is 6.76. The first-order chi connectivity index (χ1) is 9.60. The molecule has 1 rings (SSSR count). The van der Waals surface area contributed by atoms with E-state index in [2.05, 4.69) is 10.6 Å². The molecule has 0 spiro atoms. The summed E-state index contributed by atoms with van der Waals surface area (Å²) < 4.78 is 5.26. The Bertz CT molecular complexity index is 538. The standard InChI is InChI=1S/C15H23N3O2S/c1-9-11(7-6-8-12(9)18-13(16)21)10(2)17-14(19)20-15(3,4)5/h6-8,10H,1-5H3,(H,17,19)(H3,16,18,21). The van der Waals surface area contributed by atoms with Crippen LogP contribution in [0.3, 0.4) is 0 Å². The van der Waals surface area contributed by atoms with Gasteiger partial charge in [0, 0.05) is 5.69 Å². The number of nitrogens with two attached hydrogens (primary N) is 1. The fourth-order valence-corrected chi connectivity index (χ4v) is 2.06. The summed E-state index contributed by atoms with van der Waals surface area (Å²) >= 11 is 4.85. The van der Waals surface area contributed by atoms with Gasteiger partial charge < -0.3 is 21.1 Å². The van der Waals surface area contributed by atoms with E-state index in [1.54, 1.807) is 0 Å². The third-order valence-corrected chi connectivity index (χ3v) is 2.94. The van der Waals surface area contributed by atoms with Gasteiger partial charge in [0.2, 0.25) is 0 Å². The van der Waals surface area contributed by atoms with Crippen LogP contribution in [0.15, 0.2) is 18.2 Å². The Balaban J connectivity index is 2.85. The van der Waals surface area contributed by atoms with E-state index in [4.69, 9.17) is 22.7 Å². The molecule has 0 aromatic heterocycles. The van der Waals surface area contributed by atoms with Crippen molar-refractivity contribution in [2.45, 2.75) is 46.3 Å². The van der Waals surface area contributed by atoms with Gasteiger partial charge in [-0.05, 0) is 64.0 Å². The molecule has 0 saturated carbocycles. The van der Waals surface area contributed by atoms with Gasteiger partial charge in [0.25, 0.3) is 0 Å². The Hall–Kier alpha value is -1.82. The number of benzene rings is 1. The first-order valence-corrected chi connectivity index (χ1v) is 7.16. The van der Waals surface area contributed by atoms with Crippen molar-refractivity contribution in [2.24, 2.45) is 5.73 Å². The SMILES string of the molecule is Cc1c(NC(N)=S)cccc1C(C)NC(=O)OC(C)(C)C. The number of hydrogen-bond acceptors (Lipinski definition) is 3. The molecule has 5 nitrogen and oxygen atoms in total. The quantitative estimate of drug-likeness (QED) is 0.747. The van der Waals surface area contributed by atoms with Crippen LogP contribution in [0.25, 0.3) is 0 Å². The van der Waals surface area contributed by atoms with Crippen molar-refractivity contribution in [3.05, 3.63) is 29.3 Å².